The van der Waals surface area contributed by atoms with Gasteiger partial charge in [-0.15, -0.1) is 0 Å². The highest BCUT2D eigenvalue weighted by Crippen LogP contribution is 2.17. The summed E-state index contributed by atoms with van der Waals surface area (Å²) in [4.78, 5) is 47.9. The first-order chi connectivity index (χ1) is 12.2. The molecule has 3 atom stereocenters. The lowest BCUT2D eigenvalue weighted by atomic mass is 9.89. The monoisotopic (exact) mass is 367 g/mol. The molecule has 1 fully saturated rings. The molecule has 0 radical (unpaired) electrons. The molecule has 146 valence electrons. The number of nitrogens with zero attached hydrogens (tertiary/aromatic N) is 1. The fourth-order valence-corrected chi connectivity index (χ4v) is 2.84. The van der Waals surface area contributed by atoms with Gasteiger partial charge < -0.3 is 10.4 Å². The van der Waals surface area contributed by atoms with Gasteiger partial charge in [0.25, 0.3) is 5.91 Å². The van der Waals surface area contributed by atoms with Crippen LogP contribution in [0.15, 0.2) is 12.2 Å². The summed E-state index contributed by atoms with van der Waals surface area (Å²) in [7, 11) is 0. The number of carboxylic acid groups (broad SMARTS) is 1. The van der Waals surface area contributed by atoms with Crippen molar-refractivity contribution in [3.63, 3.8) is 0 Å². The number of carboxylic acids is 1. The number of carbonyl (C=O) groups excluding carboxylic acids is 3. The van der Waals surface area contributed by atoms with Crippen LogP contribution in [0.4, 0.5) is 0 Å². The standard InChI is InChI=1S/C18H29N3O5/c1-5-7-13(22)10-14(11(2)3)16(23)19-12(4)17(24)21-9-6-8-15(20-21)18(25)26/h5,7,11-12,14-15,20H,6,8-10H2,1-4H3,(H,19,23)(H,25,26)/b7-5+/t12-,14-,15-/m0/s1. The number of nitrogens with one attached hydrogen (secondary N) is 2. The van der Waals surface area contributed by atoms with Crippen LogP contribution in [0.3, 0.4) is 0 Å². The van der Waals surface area contributed by atoms with E-state index in [0.717, 1.165) is 0 Å². The molecular weight excluding hydrogens is 338 g/mol. The number of rotatable bonds is 8. The average Bonchev–Trinajstić information content (AvgIpc) is 2.58. The van der Waals surface area contributed by atoms with E-state index in [4.69, 9.17) is 5.11 Å². The second kappa shape index (κ2) is 10.1. The zero-order chi connectivity index (χ0) is 19.9. The maximum atomic E-state index is 12.5. The molecule has 26 heavy (non-hydrogen) atoms. The van der Waals surface area contributed by atoms with E-state index < -0.39 is 29.9 Å². The quantitative estimate of drug-likeness (QED) is 0.549. The van der Waals surface area contributed by atoms with Crippen LogP contribution in [-0.2, 0) is 19.2 Å². The molecule has 1 aliphatic heterocycles. The number of ketones is 1. The van der Waals surface area contributed by atoms with Gasteiger partial charge in [0.15, 0.2) is 5.78 Å². The van der Waals surface area contributed by atoms with Crippen molar-refractivity contribution in [2.24, 2.45) is 11.8 Å². The van der Waals surface area contributed by atoms with E-state index in [9.17, 15) is 19.2 Å². The lowest BCUT2D eigenvalue weighted by Gasteiger charge is -2.34. The summed E-state index contributed by atoms with van der Waals surface area (Å²) in [6.07, 6.45) is 4.16. The summed E-state index contributed by atoms with van der Waals surface area (Å²) in [5, 5.41) is 13.0. The normalized spacial score (nSPS) is 20.0. The average molecular weight is 367 g/mol. The zero-order valence-corrected chi connectivity index (χ0v) is 15.8. The van der Waals surface area contributed by atoms with Crippen LogP contribution >= 0.6 is 0 Å². The Morgan fingerprint density at radius 1 is 1.27 bits per heavy atom. The van der Waals surface area contributed by atoms with Gasteiger partial charge in [0.1, 0.15) is 12.1 Å². The largest absolute Gasteiger partial charge is 0.480 e. The summed E-state index contributed by atoms with van der Waals surface area (Å²) in [5.41, 5.74) is 2.68. The van der Waals surface area contributed by atoms with Crippen LogP contribution in [0.25, 0.3) is 0 Å². The summed E-state index contributed by atoms with van der Waals surface area (Å²) in [6, 6.07) is -1.63. The topological polar surface area (TPSA) is 116 Å². The summed E-state index contributed by atoms with van der Waals surface area (Å²) in [5.74, 6) is -2.49. The fraction of sp³-hybridized carbons (Fsp3) is 0.667. The molecular formula is C18H29N3O5. The van der Waals surface area contributed by atoms with E-state index in [1.807, 2.05) is 13.8 Å². The molecule has 1 heterocycles. The smallest absolute Gasteiger partial charge is 0.322 e. The predicted molar refractivity (Wildman–Crippen MR) is 95.9 cm³/mol. The van der Waals surface area contributed by atoms with Gasteiger partial charge >= 0.3 is 5.97 Å². The molecule has 0 bridgehead atoms. The van der Waals surface area contributed by atoms with Gasteiger partial charge in [-0.3, -0.25) is 24.2 Å². The number of carbonyl (C=O) groups is 4. The molecule has 0 saturated carbocycles. The Hall–Kier alpha value is -2.22. The molecule has 1 rings (SSSR count). The molecule has 0 aromatic heterocycles. The van der Waals surface area contributed by atoms with Crippen molar-refractivity contribution in [2.75, 3.05) is 6.54 Å². The van der Waals surface area contributed by atoms with Crippen molar-refractivity contribution in [2.45, 2.75) is 59.0 Å². The van der Waals surface area contributed by atoms with Crippen LogP contribution in [0.5, 0.6) is 0 Å². The van der Waals surface area contributed by atoms with E-state index in [1.165, 1.54) is 11.1 Å². The minimum Gasteiger partial charge on any atom is -0.480 e. The second-order valence-corrected chi connectivity index (χ2v) is 6.90. The van der Waals surface area contributed by atoms with Crippen molar-refractivity contribution in [1.29, 1.82) is 0 Å². The minimum absolute atomic E-state index is 0.0592. The van der Waals surface area contributed by atoms with Crippen LogP contribution in [0.2, 0.25) is 0 Å². The van der Waals surface area contributed by atoms with Crippen molar-refractivity contribution < 1.29 is 24.3 Å². The first-order valence-corrected chi connectivity index (χ1v) is 8.93. The van der Waals surface area contributed by atoms with Gasteiger partial charge in [0, 0.05) is 18.9 Å². The van der Waals surface area contributed by atoms with Gasteiger partial charge in [0.05, 0.1) is 0 Å². The third kappa shape index (κ3) is 6.25. The third-order valence-electron chi connectivity index (χ3n) is 4.39. The lowest BCUT2D eigenvalue weighted by Crippen LogP contribution is -2.59. The molecule has 0 spiro atoms. The highest BCUT2D eigenvalue weighted by molar-refractivity contribution is 5.95. The molecule has 0 unspecified atom stereocenters. The number of amides is 2. The summed E-state index contributed by atoms with van der Waals surface area (Å²) in [6.45, 7) is 7.37. The Balaban J connectivity index is 2.69. The van der Waals surface area contributed by atoms with E-state index in [1.54, 1.807) is 19.9 Å². The molecule has 0 aromatic carbocycles. The van der Waals surface area contributed by atoms with Crippen molar-refractivity contribution in [3.8, 4) is 0 Å². The first-order valence-electron chi connectivity index (χ1n) is 8.93. The highest BCUT2D eigenvalue weighted by atomic mass is 16.4. The second-order valence-electron chi connectivity index (χ2n) is 6.90. The van der Waals surface area contributed by atoms with Crippen LogP contribution < -0.4 is 10.7 Å². The van der Waals surface area contributed by atoms with Gasteiger partial charge in [0.2, 0.25) is 5.91 Å². The Bertz CT molecular complexity index is 573. The molecule has 2 amide bonds. The molecule has 1 saturated heterocycles. The van der Waals surface area contributed by atoms with Crippen molar-refractivity contribution in [1.82, 2.24) is 15.8 Å². The zero-order valence-electron chi connectivity index (χ0n) is 15.8. The van der Waals surface area contributed by atoms with Gasteiger partial charge in [-0.05, 0) is 38.7 Å². The fourth-order valence-electron chi connectivity index (χ4n) is 2.84. The SMILES string of the molecule is C/C=C/C(=O)C[C@H](C(=O)N[C@@H](C)C(=O)N1CCC[C@@H](C(=O)O)N1)C(C)C. The van der Waals surface area contributed by atoms with E-state index in [0.29, 0.717) is 19.4 Å². The predicted octanol–water partition coefficient (Wildman–Crippen LogP) is 0.879. The van der Waals surface area contributed by atoms with E-state index >= 15 is 0 Å². The van der Waals surface area contributed by atoms with Crippen molar-refractivity contribution >= 4 is 23.6 Å². The molecule has 8 nitrogen and oxygen atoms in total. The van der Waals surface area contributed by atoms with Crippen LogP contribution in [0.1, 0.15) is 47.0 Å². The Morgan fingerprint density at radius 2 is 1.92 bits per heavy atom. The summed E-state index contributed by atoms with van der Waals surface area (Å²) >= 11 is 0. The third-order valence-corrected chi connectivity index (χ3v) is 4.39. The Labute approximate surface area is 154 Å². The number of hydrogen-bond acceptors (Lipinski definition) is 5. The Morgan fingerprint density at radius 3 is 2.46 bits per heavy atom. The van der Waals surface area contributed by atoms with Crippen molar-refractivity contribution in [3.05, 3.63) is 12.2 Å². The molecule has 8 heteroatoms. The number of aliphatic carboxylic acids is 1. The van der Waals surface area contributed by atoms with E-state index in [2.05, 4.69) is 10.7 Å². The van der Waals surface area contributed by atoms with Gasteiger partial charge in [-0.2, -0.15) is 0 Å². The summed E-state index contributed by atoms with van der Waals surface area (Å²) < 4.78 is 0. The molecule has 3 N–H and O–H groups in total. The maximum Gasteiger partial charge on any atom is 0.322 e. The van der Waals surface area contributed by atoms with Crippen LogP contribution in [-0.4, -0.2) is 52.3 Å². The van der Waals surface area contributed by atoms with E-state index in [-0.39, 0.29) is 24.0 Å². The number of allylic oxidation sites excluding steroid dienone is 2. The maximum absolute atomic E-state index is 12.5. The molecule has 0 aliphatic carbocycles. The number of hydrazine groups is 1. The lowest BCUT2D eigenvalue weighted by molar-refractivity contribution is -0.148. The highest BCUT2D eigenvalue weighted by Gasteiger charge is 2.32. The van der Waals surface area contributed by atoms with Gasteiger partial charge in [-0.1, -0.05) is 19.9 Å². The van der Waals surface area contributed by atoms with Crippen LogP contribution in [0, 0.1) is 11.8 Å². The molecule has 1 aliphatic rings. The Kier molecular flexibility index (Phi) is 8.44. The van der Waals surface area contributed by atoms with Gasteiger partial charge in [-0.25, -0.2) is 5.43 Å². The molecule has 0 aromatic rings. The first kappa shape index (κ1) is 21.8. The number of hydrogen-bond donors (Lipinski definition) is 3. The minimum atomic E-state index is -1.01.